The fourth-order valence-corrected chi connectivity index (χ4v) is 1.67. The minimum absolute atomic E-state index is 0.162. The van der Waals surface area contributed by atoms with E-state index < -0.39 is 5.97 Å². The Bertz CT molecular complexity index is 338. The van der Waals surface area contributed by atoms with Gasteiger partial charge in [0.1, 0.15) is 0 Å². The lowest BCUT2D eigenvalue weighted by atomic mass is 10.1. The Morgan fingerprint density at radius 1 is 1.29 bits per heavy atom. The number of unbranched alkanes of at least 4 members (excludes halogenated alkanes) is 3. The van der Waals surface area contributed by atoms with Crippen LogP contribution in [0.2, 0.25) is 0 Å². The first-order valence-electron chi connectivity index (χ1n) is 6.21. The molecule has 0 saturated carbocycles. The number of rotatable bonds is 9. The summed E-state index contributed by atoms with van der Waals surface area (Å²) in [6.45, 7) is 2.76. The molecule has 0 aliphatic carbocycles. The molecule has 0 atom stereocenters. The summed E-state index contributed by atoms with van der Waals surface area (Å²) in [6, 6.07) is 0. The monoisotopic (exact) mass is 240 g/mol. The van der Waals surface area contributed by atoms with Crippen LogP contribution in [0.5, 0.6) is 0 Å². The first kappa shape index (κ1) is 13.6. The topological polar surface area (TPSA) is 80.9 Å². The molecule has 1 aromatic rings. The zero-order valence-corrected chi connectivity index (χ0v) is 10.3. The third kappa shape index (κ3) is 5.42. The van der Waals surface area contributed by atoms with Gasteiger partial charge in [0, 0.05) is 19.4 Å². The summed E-state index contributed by atoms with van der Waals surface area (Å²) in [5, 5.41) is 20.0. The van der Waals surface area contributed by atoms with Gasteiger partial charge in [0.25, 0.3) is 0 Å². The molecule has 6 nitrogen and oxygen atoms in total. The molecule has 96 valence electrons. The molecule has 6 heteroatoms. The number of hydrogen-bond donors (Lipinski definition) is 1. The van der Waals surface area contributed by atoms with Crippen molar-refractivity contribution < 1.29 is 9.90 Å². The lowest BCUT2D eigenvalue weighted by Gasteiger charge is -2.03. The van der Waals surface area contributed by atoms with Crippen LogP contribution >= 0.6 is 0 Å². The molecular formula is C11H20N4O2. The summed E-state index contributed by atoms with van der Waals surface area (Å²) >= 11 is 0. The molecule has 0 unspecified atom stereocenters. The van der Waals surface area contributed by atoms with Crippen molar-refractivity contribution in [2.75, 3.05) is 0 Å². The van der Waals surface area contributed by atoms with E-state index in [0.717, 1.165) is 18.7 Å². The predicted octanol–water partition coefficient (Wildman–Crippen LogP) is 1.66. The van der Waals surface area contributed by atoms with Crippen molar-refractivity contribution in [3.8, 4) is 0 Å². The third-order valence-corrected chi connectivity index (χ3v) is 2.62. The molecule has 0 fully saturated rings. The second-order valence-corrected chi connectivity index (χ2v) is 4.13. The Hall–Kier alpha value is -1.46. The zero-order valence-electron chi connectivity index (χ0n) is 10.3. The van der Waals surface area contributed by atoms with Gasteiger partial charge in [-0.2, -0.15) is 0 Å². The van der Waals surface area contributed by atoms with Crippen LogP contribution < -0.4 is 0 Å². The van der Waals surface area contributed by atoms with E-state index in [4.69, 9.17) is 5.11 Å². The molecule has 0 saturated heterocycles. The minimum atomic E-state index is -0.775. The number of nitrogens with zero attached hydrogens (tertiary/aromatic N) is 4. The second-order valence-electron chi connectivity index (χ2n) is 4.13. The number of aliphatic carboxylic acids is 1. The molecule has 17 heavy (non-hydrogen) atoms. The van der Waals surface area contributed by atoms with E-state index in [0.29, 0.717) is 13.0 Å². The number of carbonyl (C=O) groups is 1. The van der Waals surface area contributed by atoms with Crippen molar-refractivity contribution in [3.63, 3.8) is 0 Å². The van der Waals surface area contributed by atoms with Gasteiger partial charge >= 0.3 is 5.97 Å². The fraction of sp³-hybridized carbons (Fsp3) is 0.818. The first-order chi connectivity index (χ1) is 8.24. The van der Waals surface area contributed by atoms with Crippen LogP contribution in [0.4, 0.5) is 0 Å². The van der Waals surface area contributed by atoms with E-state index in [1.807, 2.05) is 0 Å². The van der Waals surface area contributed by atoms with Gasteiger partial charge in [0.05, 0.1) is 0 Å². The summed E-state index contributed by atoms with van der Waals surface area (Å²) in [7, 11) is 0. The number of tetrazole rings is 1. The smallest absolute Gasteiger partial charge is 0.303 e. The Morgan fingerprint density at radius 2 is 2.12 bits per heavy atom. The van der Waals surface area contributed by atoms with Crippen LogP contribution in [-0.4, -0.2) is 31.3 Å². The zero-order chi connectivity index (χ0) is 12.5. The summed E-state index contributed by atoms with van der Waals surface area (Å²) < 4.78 is 1.72. The fourth-order valence-electron chi connectivity index (χ4n) is 1.67. The van der Waals surface area contributed by atoms with E-state index in [1.165, 1.54) is 19.3 Å². The van der Waals surface area contributed by atoms with Gasteiger partial charge in [-0.1, -0.05) is 26.2 Å². The summed E-state index contributed by atoms with van der Waals surface area (Å²) in [5.41, 5.74) is 0. The van der Waals surface area contributed by atoms with E-state index in [-0.39, 0.29) is 6.42 Å². The predicted molar refractivity (Wildman–Crippen MR) is 62.5 cm³/mol. The van der Waals surface area contributed by atoms with Gasteiger partial charge < -0.3 is 5.11 Å². The van der Waals surface area contributed by atoms with Gasteiger partial charge in [-0.25, -0.2) is 4.68 Å². The van der Waals surface area contributed by atoms with E-state index in [9.17, 15) is 4.79 Å². The highest BCUT2D eigenvalue weighted by molar-refractivity contribution is 5.66. The standard InChI is InChI=1S/C11H20N4O2/c1-2-3-4-5-7-10-12-13-14-15(10)9-6-8-11(16)17/h2-9H2,1H3,(H,16,17). The largest absolute Gasteiger partial charge is 0.481 e. The molecule has 0 spiro atoms. The maximum atomic E-state index is 10.4. The van der Waals surface area contributed by atoms with Crippen LogP contribution in [-0.2, 0) is 17.8 Å². The van der Waals surface area contributed by atoms with Crippen molar-refractivity contribution in [2.45, 2.75) is 58.4 Å². The summed E-state index contributed by atoms with van der Waals surface area (Å²) in [6.07, 6.45) is 6.34. The maximum absolute atomic E-state index is 10.4. The summed E-state index contributed by atoms with van der Waals surface area (Å²) in [4.78, 5) is 10.4. The van der Waals surface area contributed by atoms with Crippen molar-refractivity contribution >= 4 is 5.97 Å². The number of aromatic nitrogens is 4. The Morgan fingerprint density at radius 3 is 2.82 bits per heavy atom. The highest BCUT2D eigenvalue weighted by atomic mass is 16.4. The number of aryl methyl sites for hydroxylation is 2. The third-order valence-electron chi connectivity index (χ3n) is 2.62. The molecule has 0 aliphatic heterocycles. The number of carboxylic acid groups (broad SMARTS) is 1. The minimum Gasteiger partial charge on any atom is -0.481 e. The summed E-state index contributed by atoms with van der Waals surface area (Å²) in [5.74, 6) is 0.0917. The second kappa shape index (κ2) is 7.76. The van der Waals surface area contributed by atoms with Crippen molar-refractivity contribution in [2.24, 2.45) is 0 Å². The van der Waals surface area contributed by atoms with Crippen LogP contribution in [0, 0.1) is 0 Å². The molecule has 1 heterocycles. The van der Waals surface area contributed by atoms with Gasteiger partial charge in [-0.3, -0.25) is 4.79 Å². The van der Waals surface area contributed by atoms with Crippen molar-refractivity contribution in [3.05, 3.63) is 5.82 Å². The molecule has 0 aliphatic rings. The highest BCUT2D eigenvalue weighted by Gasteiger charge is 2.06. The highest BCUT2D eigenvalue weighted by Crippen LogP contribution is 2.05. The van der Waals surface area contributed by atoms with Crippen LogP contribution in [0.1, 0.15) is 51.3 Å². The maximum Gasteiger partial charge on any atom is 0.303 e. The van der Waals surface area contributed by atoms with E-state index in [2.05, 4.69) is 22.4 Å². The van der Waals surface area contributed by atoms with Crippen molar-refractivity contribution in [1.82, 2.24) is 20.2 Å². The lowest BCUT2D eigenvalue weighted by Crippen LogP contribution is -2.08. The Labute approximate surface area is 101 Å². The van der Waals surface area contributed by atoms with Gasteiger partial charge in [0.2, 0.25) is 0 Å². The van der Waals surface area contributed by atoms with Gasteiger partial charge in [0.15, 0.2) is 5.82 Å². The van der Waals surface area contributed by atoms with Gasteiger partial charge in [-0.05, 0) is 23.3 Å². The molecule has 0 bridgehead atoms. The average molecular weight is 240 g/mol. The molecule has 0 amide bonds. The van der Waals surface area contributed by atoms with E-state index >= 15 is 0 Å². The SMILES string of the molecule is CCCCCCc1nnnn1CCCC(=O)O. The lowest BCUT2D eigenvalue weighted by molar-refractivity contribution is -0.137. The molecular weight excluding hydrogens is 220 g/mol. The average Bonchev–Trinajstić information content (AvgIpc) is 2.72. The Balaban J connectivity index is 2.29. The molecule has 0 radical (unpaired) electrons. The van der Waals surface area contributed by atoms with Crippen LogP contribution in [0.3, 0.4) is 0 Å². The van der Waals surface area contributed by atoms with Gasteiger partial charge in [-0.15, -0.1) is 5.10 Å². The van der Waals surface area contributed by atoms with Crippen molar-refractivity contribution in [1.29, 1.82) is 0 Å². The quantitative estimate of drug-likeness (QED) is 0.664. The molecule has 1 rings (SSSR count). The van der Waals surface area contributed by atoms with E-state index in [1.54, 1.807) is 4.68 Å². The normalized spacial score (nSPS) is 10.6. The molecule has 0 aromatic carbocycles. The molecule has 1 aromatic heterocycles. The molecule has 1 N–H and O–H groups in total. The van der Waals surface area contributed by atoms with Crippen LogP contribution in [0.25, 0.3) is 0 Å². The number of carboxylic acids is 1. The number of hydrogen-bond acceptors (Lipinski definition) is 4. The Kier molecular flexibility index (Phi) is 6.21. The van der Waals surface area contributed by atoms with Crippen LogP contribution in [0.15, 0.2) is 0 Å². The first-order valence-corrected chi connectivity index (χ1v) is 6.21.